The number of methoxy groups -OCH3 is 1. The molecule has 5 rings (SSSR count). The number of hydrogen-bond acceptors (Lipinski definition) is 8. The van der Waals surface area contributed by atoms with Crippen molar-refractivity contribution in [3.63, 3.8) is 0 Å². The number of benzene rings is 3. The summed E-state index contributed by atoms with van der Waals surface area (Å²) < 4.78 is 5.72. The number of nitro groups is 2. The summed E-state index contributed by atoms with van der Waals surface area (Å²) in [4.78, 5) is 36.6. The Morgan fingerprint density at radius 2 is 1.47 bits per heavy atom. The number of thioether (sulfide) groups is 2. The lowest BCUT2D eigenvalue weighted by Gasteiger charge is -2.09. The fraction of sp³-hybridized carbons (Fsp3) is 0.0455. The lowest BCUT2D eigenvalue weighted by molar-refractivity contribution is -0.385. The molecule has 0 unspecified atom stereocenters. The Bertz CT molecular complexity index is 1370. The van der Waals surface area contributed by atoms with Crippen LogP contribution in [0.15, 0.2) is 68.6 Å². The summed E-state index contributed by atoms with van der Waals surface area (Å²) in [6.07, 6.45) is 0. The molecule has 32 heavy (non-hydrogen) atoms. The average molecular weight is 464 g/mol. The maximum Gasteiger partial charge on any atom is 0.338 e. The predicted molar refractivity (Wildman–Crippen MR) is 121 cm³/mol. The highest BCUT2D eigenvalue weighted by molar-refractivity contribution is 8.25. The van der Waals surface area contributed by atoms with Gasteiger partial charge >= 0.3 is 5.97 Å². The van der Waals surface area contributed by atoms with Gasteiger partial charge in [-0.05, 0) is 34.9 Å². The molecule has 10 heteroatoms. The van der Waals surface area contributed by atoms with Crippen molar-refractivity contribution < 1.29 is 19.4 Å². The molecule has 1 aliphatic carbocycles. The third-order valence-electron chi connectivity index (χ3n) is 5.22. The molecule has 8 nitrogen and oxygen atoms in total. The molecule has 158 valence electrons. The van der Waals surface area contributed by atoms with Crippen LogP contribution in [0, 0.1) is 20.2 Å². The quantitative estimate of drug-likeness (QED) is 0.210. The number of nitrogens with zero attached hydrogens (tertiary/aromatic N) is 2. The van der Waals surface area contributed by atoms with Gasteiger partial charge in [-0.25, -0.2) is 4.79 Å². The fourth-order valence-electron chi connectivity index (χ4n) is 3.87. The van der Waals surface area contributed by atoms with E-state index in [4.69, 9.17) is 4.74 Å². The van der Waals surface area contributed by atoms with Crippen molar-refractivity contribution in [2.45, 2.75) is 9.79 Å². The second-order valence-electron chi connectivity index (χ2n) is 6.96. The molecule has 3 aromatic carbocycles. The number of carbonyl (C=O) groups excluding carboxylic acids is 1. The number of esters is 1. The topological polar surface area (TPSA) is 113 Å². The Morgan fingerprint density at radius 1 is 0.844 bits per heavy atom. The number of ether oxygens (including phenoxy) is 1. The Labute approximate surface area is 189 Å². The molecule has 0 aromatic heterocycles. The predicted octanol–water partition coefficient (Wildman–Crippen LogP) is 5.88. The largest absolute Gasteiger partial charge is 0.465 e. The van der Waals surface area contributed by atoms with Gasteiger partial charge in [0.25, 0.3) is 11.4 Å². The first kappa shape index (κ1) is 20.3. The maximum atomic E-state index is 12.6. The highest BCUT2D eigenvalue weighted by Crippen LogP contribution is 2.59. The number of rotatable bonds is 3. The van der Waals surface area contributed by atoms with Crippen LogP contribution in [-0.2, 0) is 4.74 Å². The minimum atomic E-state index is -0.712. The van der Waals surface area contributed by atoms with Crippen molar-refractivity contribution in [1.29, 1.82) is 0 Å². The van der Waals surface area contributed by atoms with E-state index in [9.17, 15) is 25.0 Å². The molecule has 0 amide bonds. The van der Waals surface area contributed by atoms with E-state index >= 15 is 0 Å². The Balaban J connectivity index is 1.85. The first-order valence-corrected chi connectivity index (χ1v) is 10.9. The number of carbonyl (C=O) groups is 1. The van der Waals surface area contributed by atoms with Crippen molar-refractivity contribution in [3.8, 4) is 11.1 Å². The van der Waals surface area contributed by atoms with Crippen LogP contribution in [0.1, 0.15) is 21.5 Å². The third-order valence-corrected chi connectivity index (χ3v) is 7.78. The van der Waals surface area contributed by atoms with Crippen LogP contribution in [0.25, 0.3) is 16.7 Å². The van der Waals surface area contributed by atoms with E-state index in [0.29, 0.717) is 27.8 Å². The molecule has 0 fully saturated rings. The zero-order valence-corrected chi connectivity index (χ0v) is 18.0. The molecule has 1 aliphatic heterocycles. The summed E-state index contributed by atoms with van der Waals surface area (Å²) in [6, 6.07) is 14.8. The van der Waals surface area contributed by atoms with Crippen molar-refractivity contribution >= 4 is 46.4 Å². The lowest BCUT2D eigenvalue weighted by atomic mass is 9.98. The summed E-state index contributed by atoms with van der Waals surface area (Å²) >= 11 is 2.99. The molecular weight excluding hydrogens is 452 g/mol. The molecule has 0 bridgehead atoms. The summed E-state index contributed by atoms with van der Waals surface area (Å²) in [5, 5.41) is 23.1. The average Bonchev–Trinajstić information content (AvgIpc) is 3.35. The molecule has 1 heterocycles. The molecule has 0 saturated heterocycles. The second-order valence-corrected chi connectivity index (χ2v) is 9.33. The van der Waals surface area contributed by atoms with E-state index in [0.717, 1.165) is 14.0 Å². The number of fused-ring (bicyclic) bond motifs is 4. The standard InChI is InChI=1S/C22H12N2O6S2/c1-30-21(25)16-10-12(24(28)29)9-15-19(16)13-7-6-11(23(26)27)8-14(13)20(15)22-31-17-4-2-3-5-18(17)32-22/h2-10H,1H3. The zero-order chi connectivity index (χ0) is 22.6. The number of nitro benzene ring substituents is 2. The maximum absolute atomic E-state index is 12.6. The second kappa shape index (κ2) is 7.50. The molecule has 0 atom stereocenters. The highest BCUT2D eigenvalue weighted by atomic mass is 32.2. The Kier molecular flexibility index (Phi) is 4.75. The smallest absolute Gasteiger partial charge is 0.338 e. The van der Waals surface area contributed by atoms with Crippen molar-refractivity contribution in [3.05, 3.63) is 95.8 Å². The van der Waals surface area contributed by atoms with Crippen molar-refractivity contribution in [2.24, 2.45) is 0 Å². The molecule has 0 radical (unpaired) electrons. The first-order valence-electron chi connectivity index (χ1n) is 9.28. The van der Waals surface area contributed by atoms with Gasteiger partial charge in [0.2, 0.25) is 0 Å². The molecule has 2 aliphatic rings. The van der Waals surface area contributed by atoms with Gasteiger partial charge < -0.3 is 4.74 Å². The molecular formula is C22H12N2O6S2. The van der Waals surface area contributed by atoms with Gasteiger partial charge in [-0.3, -0.25) is 20.2 Å². The molecule has 0 N–H and O–H groups in total. The van der Waals surface area contributed by atoms with E-state index in [1.54, 1.807) is 6.07 Å². The van der Waals surface area contributed by atoms with Gasteiger partial charge in [-0.15, -0.1) is 0 Å². The van der Waals surface area contributed by atoms with Crippen molar-refractivity contribution in [2.75, 3.05) is 7.11 Å². The number of non-ortho nitro benzene ring substituents is 2. The lowest BCUT2D eigenvalue weighted by Crippen LogP contribution is -2.05. The van der Waals surface area contributed by atoms with Gasteiger partial charge in [0.05, 0.1) is 26.8 Å². The molecule has 3 aromatic rings. The molecule has 0 spiro atoms. The first-order chi connectivity index (χ1) is 15.4. The van der Waals surface area contributed by atoms with E-state index in [1.807, 2.05) is 24.3 Å². The zero-order valence-electron chi connectivity index (χ0n) is 16.4. The van der Waals surface area contributed by atoms with E-state index < -0.39 is 15.8 Å². The SMILES string of the molecule is COC(=O)c1cc([N+](=O)[O-])cc2c1-c1ccc([N+](=O)[O-])cc1C2=C1Sc2ccccc2S1. The van der Waals surface area contributed by atoms with Crippen molar-refractivity contribution in [1.82, 2.24) is 0 Å². The third kappa shape index (κ3) is 3.07. The van der Waals surface area contributed by atoms with Crippen LogP contribution in [0.5, 0.6) is 0 Å². The van der Waals surface area contributed by atoms with Crippen LogP contribution >= 0.6 is 23.5 Å². The van der Waals surface area contributed by atoms with E-state index in [1.165, 1.54) is 54.9 Å². The number of hydrogen-bond donors (Lipinski definition) is 0. The van der Waals surface area contributed by atoms with Crippen LogP contribution in [-0.4, -0.2) is 22.9 Å². The minimum Gasteiger partial charge on any atom is -0.465 e. The minimum absolute atomic E-state index is 0.0490. The Hall–Kier alpha value is -3.63. The van der Waals surface area contributed by atoms with Crippen LogP contribution in [0.3, 0.4) is 0 Å². The van der Waals surface area contributed by atoms with Gasteiger partial charge in [0.1, 0.15) is 0 Å². The summed E-state index contributed by atoms with van der Waals surface area (Å²) in [5.74, 6) is -0.712. The normalized spacial score (nSPS) is 13.4. The van der Waals surface area contributed by atoms with E-state index in [-0.39, 0.29) is 16.9 Å². The Morgan fingerprint density at radius 3 is 2.06 bits per heavy atom. The van der Waals surface area contributed by atoms with Crippen LogP contribution in [0.2, 0.25) is 0 Å². The highest BCUT2D eigenvalue weighted by Gasteiger charge is 2.36. The van der Waals surface area contributed by atoms with Gasteiger partial charge in [0.15, 0.2) is 0 Å². The summed E-state index contributed by atoms with van der Waals surface area (Å²) in [7, 11) is 1.21. The van der Waals surface area contributed by atoms with Crippen LogP contribution in [0.4, 0.5) is 11.4 Å². The fourth-order valence-corrected chi connectivity index (χ4v) is 6.50. The monoisotopic (exact) mass is 464 g/mol. The van der Waals surface area contributed by atoms with Gasteiger partial charge in [0, 0.05) is 45.2 Å². The van der Waals surface area contributed by atoms with E-state index in [2.05, 4.69) is 0 Å². The molecule has 0 saturated carbocycles. The summed E-state index contributed by atoms with van der Waals surface area (Å²) in [6.45, 7) is 0. The van der Waals surface area contributed by atoms with Gasteiger partial charge in [-0.1, -0.05) is 35.7 Å². The summed E-state index contributed by atoms with van der Waals surface area (Å²) in [5.41, 5.74) is 2.45. The van der Waals surface area contributed by atoms with Gasteiger partial charge in [-0.2, -0.15) is 0 Å². The van der Waals surface area contributed by atoms with Crippen LogP contribution < -0.4 is 0 Å².